The molecule has 0 aliphatic carbocycles. The van der Waals surface area contributed by atoms with Crippen LogP contribution in [-0.4, -0.2) is 11.9 Å². The highest BCUT2D eigenvalue weighted by Gasteiger charge is 2.17. The molecule has 20 heavy (non-hydrogen) atoms. The normalized spacial score (nSPS) is 11.9. The second-order valence-corrected chi connectivity index (χ2v) is 5.52. The Hall–Kier alpha value is -1.68. The number of hydrogen-bond donors (Lipinski definition) is 1. The number of rotatable bonds is 4. The van der Waals surface area contributed by atoms with Crippen molar-refractivity contribution < 1.29 is 9.18 Å². The predicted molar refractivity (Wildman–Crippen MR) is 81.2 cm³/mol. The van der Waals surface area contributed by atoms with Gasteiger partial charge >= 0.3 is 0 Å². The molecule has 1 atom stereocenters. The number of hydrogen-bond acceptors (Lipinski definition) is 1. The minimum absolute atomic E-state index is 0.0485. The standard InChI is InChI=1S/C16H15BrFNO/c1-11(10-12-6-3-2-4-7-12)19-16(20)15-13(17)8-5-9-14(15)18/h2-9,11H,10H2,1H3,(H,19,20). The number of nitrogens with one attached hydrogen (secondary N) is 1. The Morgan fingerprint density at radius 2 is 1.90 bits per heavy atom. The van der Waals surface area contributed by atoms with Crippen molar-refractivity contribution in [3.8, 4) is 0 Å². The fraction of sp³-hybridized carbons (Fsp3) is 0.188. The van der Waals surface area contributed by atoms with Crippen LogP contribution in [0.5, 0.6) is 0 Å². The van der Waals surface area contributed by atoms with Crippen molar-refractivity contribution in [1.82, 2.24) is 5.32 Å². The predicted octanol–water partition coefficient (Wildman–Crippen LogP) is 3.95. The number of halogens is 2. The van der Waals surface area contributed by atoms with Gasteiger partial charge in [0.25, 0.3) is 5.91 Å². The van der Waals surface area contributed by atoms with Crippen molar-refractivity contribution in [2.45, 2.75) is 19.4 Å². The minimum atomic E-state index is -0.524. The Morgan fingerprint density at radius 1 is 1.20 bits per heavy atom. The largest absolute Gasteiger partial charge is 0.349 e. The van der Waals surface area contributed by atoms with E-state index >= 15 is 0 Å². The van der Waals surface area contributed by atoms with Gasteiger partial charge in [-0.05, 0) is 47.0 Å². The van der Waals surface area contributed by atoms with Crippen LogP contribution in [0.25, 0.3) is 0 Å². The number of amides is 1. The molecule has 0 saturated heterocycles. The zero-order chi connectivity index (χ0) is 14.5. The van der Waals surface area contributed by atoms with E-state index in [2.05, 4.69) is 21.2 Å². The maximum absolute atomic E-state index is 13.7. The third-order valence-electron chi connectivity index (χ3n) is 2.95. The number of carbonyl (C=O) groups is 1. The van der Waals surface area contributed by atoms with Crippen molar-refractivity contribution in [3.05, 3.63) is 69.9 Å². The first-order valence-electron chi connectivity index (χ1n) is 6.36. The van der Waals surface area contributed by atoms with Crippen LogP contribution in [0.1, 0.15) is 22.8 Å². The van der Waals surface area contributed by atoms with Crippen LogP contribution in [0.4, 0.5) is 4.39 Å². The van der Waals surface area contributed by atoms with Gasteiger partial charge in [0, 0.05) is 10.5 Å². The molecule has 0 bridgehead atoms. The van der Waals surface area contributed by atoms with Crippen LogP contribution < -0.4 is 5.32 Å². The summed E-state index contributed by atoms with van der Waals surface area (Å²) in [6.07, 6.45) is 0.707. The Kier molecular flexibility index (Phi) is 4.90. The zero-order valence-electron chi connectivity index (χ0n) is 11.1. The number of carbonyl (C=O) groups excluding carboxylic acids is 1. The van der Waals surface area contributed by atoms with E-state index in [1.807, 2.05) is 37.3 Å². The summed E-state index contributed by atoms with van der Waals surface area (Å²) in [5.41, 5.74) is 1.18. The van der Waals surface area contributed by atoms with Gasteiger partial charge in [0.05, 0.1) is 5.56 Å². The maximum atomic E-state index is 13.7. The molecule has 0 saturated carbocycles. The molecule has 1 N–H and O–H groups in total. The molecule has 0 aliphatic rings. The Balaban J connectivity index is 2.04. The summed E-state index contributed by atoms with van der Waals surface area (Å²) in [6, 6.07) is 14.3. The summed E-state index contributed by atoms with van der Waals surface area (Å²) in [5.74, 6) is -0.929. The molecule has 1 unspecified atom stereocenters. The second-order valence-electron chi connectivity index (χ2n) is 4.66. The van der Waals surface area contributed by atoms with Gasteiger partial charge in [-0.3, -0.25) is 4.79 Å². The SMILES string of the molecule is CC(Cc1ccccc1)NC(=O)c1c(F)cccc1Br. The van der Waals surface area contributed by atoms with Crippen molar-refractivity contribution in [2.24, 2.45) is 0 Å². The average molecular weight is 336 g/mol. The summed E-state index contributed by atoms with van der Waals surface area (Å²) in [5, 5.41) is 2.82. The molecule has 2 nitrogen and oxygen atoms in total. The van der Waals surface area contributed by atoms with E-state index in [9.17, 15) is 9.18 Å². The molecular formula is C16H15BrFNO. The second kappa shape index (κ2) is 6.66. The molecule has 0 fully saturated rings. The highest BCUT2D eigenvalue weighted by atomic mass is 79.9. The highest BCUT2D eigenvalue weighted by Crippen LogP contribution is 2.19. The molecule has 4 heteroatoms. The monoisotopic (exact) mass is 335 g/mol. The molecule has 0 heterocycles. The molecule has 0 aromatic heterocycles. The lowest BCUT2D eigenvalue weighted by Gasteiger charge is -2.15. The van der Waals surface area contributed by atoms with Crippen LogP contribution in [-0.2, 0) is 6.42 Å². The van der Waals surface area contributed by atoms with Crippen molar-refractivity contribution in [3.63, 3.8) is 0 Å². The van der Waals surface area contributed by atoms with Crippen molar-refractivity contribution >= 4 is 21.8 Å². The molecule has 0 spiro atoms. The minimum Gasteiger partial charge on any atom is -0.349 e. The van der Waals surface area contributed by atoms with E-state index in [-0.39, 0.29) is 11.6 Å². The van der Waals surface area contributed by atoms with Gasteiger partial charge in [0.1, 0.15) is 5.82 Å². The topological polar surface area (TPSA) is 29.1 Å². The summed E-state index contributed by atoms with van der Waals surface area (Å²) >= 11 is 3.20. The summed E-state index contributed by atoms with van der Waals surface area (Å²) < 4.78 is 14.1. The van der Waals surface area contributed by atoms with Crippen LogP contribution in [0.15, 0.2) is 53.0 Å². The lowest BCUT2D eigenvalue weighted by atomic mass is 10.1. The van der Waals surface area contributed by atoms with E-state index in [0.29, 0.717) is 10.9 Å². The molecule has 2 aromatic carbocycles. The molecule has 104 valence electrons. The third-order valence-corrected chi connectivity index (χ3v) is 3.61. The summed E-state index contributed by atoms with van der Waals surface area (Å²) in [4.78, 5) is 12.1. The Morgan fingerprint density at radius 3 is 2.55 bits per heavy atom. The van der Waals surface area contributed by atoms with E-state index in [0.717, 1.165) is 5.56 Å². The van der Waals surface area contributed by atoms with E-state index in [4.69, 9.17) is 0 Å². The van der Waals surface area contributed by atoms with Gasteiger partial charge in [-0.25, -0.2) is 4.39 Å². The van der Waals surface area contributed by atoms with Gasteiger partial charge < -0.3 is 5.32 Å². The first-order chi connectivity index (χ1) is 9.58. The number of benzene rings is 2. The average Bonchev–Trinajstić information content (AvgIpc) is 2.39. The highest BCUT2D eigenvalue weighted by molar-refractivity contribution is 9.10. The summed E-state index contributed by atoms with van der Waals surface area (Å²) in [6.45, 7) is 1.90. The van der Waals surface area contributed by atoms with Gasteiger partial charge in [0.2, 0.25) is 0 Å². The quantitative estimate of drug-likeness (QED) is 0.900. The van der Waals surface area contributed by atoms with E-state index in [1.165, 1.54) is 6.07 Å². The summed E-state index contributed by atoms with van der Waals surface area (Å²) in [7, 11) is 0. The lowest BCUT2D eigenvalue weighted by molar-refractivity contribution is 0.0935. The van der Waals surface area contributed by atoms with Gasteiger partial charge in [0.15, 0.2) is 0 Å². The fourth-order valence-electron chi connectivity index (χ4n) is 2.03. The van der Waals surface area contributed by atoms with Crippen LogP contribution in [0.2, 0.25) is 0 Å². The molecule has 2 rings (SSSR count). The zero-order valence-corrected chi connectivity index (χ0v) is 12.7. The first kappa shape index (κ1) is 14.7. The maximum Gasteiger partial charge on any atom is 0.255 e. The third kappa shape index (κ3) is 3.67. The molecular weight excluding hydrogens is 321 g/mol. The van der Waals surface area contributed by atoms with Gasteiger partial charge in [-0.15, -0.1) is 0 Å². The molecule has 0 aliphatic heterocycles. The molecule has 0 radical (unpaired) electrons. The fourth-order valence-corrected chi connectivity index (χ4v) is 2.55. The molecule has 1 amide bonds. The van der Waals surface area contributed by atoms with E-state index in [1.54, 1.807) is 12.1 Å². The first-order valence-corrected chi connectivity index (χ1v) is 7.16. The lowest BCUT2D eigenvalue weighted by Crippen LogP contribution is -2.34. The van der Waals surface area contributed by atoms with Crippen LogP contribution in [0.3, 0.4) is 0 Å². The van der Waals surface area contributed by atoms with Gasteiger partial charge in [-0.1, -0.05) is 36.4 Å². The van der Waals surface area contributed by atoms with Crippen LogP contribution >= 0.6 is 15.9 Å². The smallest absolute Gasteiger partial charge is 0.255 e. The van der Waals surface area contributed by atoms with Crippen LogP contribution in [0, 0.1) is 5.82 Å². The van der Waals surface area contributed by atoms with Crippen molar-refractivity contribution in [1.29, 1.82) is 0 Å². The Labute approximate surface area is 126 Å². The van der Waals surface area contributed by atoms with Gasteiger partial charge in [-0.2, -0.15) is 0 Å². The van der Waals surface area contributed by atoms with E-state index < -0.39 is 11.7 Å². The molecule has 2 aromatic rings. The van der Waals surface area contributed by atoms with Crippen molar-refractivity contribution in [2.75, 3.05) is 0 Å². The Bertz CT molecular complexity index is 580.